The number of para-hydroxylation sites is 1. The summed E-state index contributed by atoms with van der Waals surface area (Å²) in [6.45, 7) is 2.39. The molecule has 3 aromatic carbocycles. The number of ketones is 1. The number of nitrogens with zero attached hydrogens (tertiary/aromatic N) is 2. The summed E-state index contributed by atoms with van der Waals surface area (Å²) in [7, 11) is 0. The second-order valence-corrected chi connectivity index (χ2v) is 8.51. The lowest BCUT2D eigenvalue weighted by atomic mass is 10.00. The summed E-state index contributed by atoms with van der Waals surface area (Å²) in [5, 5.41) is 17.1. The number of carbonyl (C=O) groups excluding carboxylic acids is 1. The lowest BCUT2D eigenvalue weighted by molar-refractivity contribution is -0.137. The monoisotopic (exact) mass is 497 g/mol. The van der Waals surface area contributed by atoms with Gasteiger partial charge in [0.05, 0.1) is 12.2 Å². The summed E-state index contributed by atoms with van der Waals surface area (Å²) in [5.74, 6) is -0.612. The average molecular weight is 498 g/mol. The van der Waals surface area contributed by atoms with Gasteiger partial charge >= 0.3 is 5.97 Å². The highest BCUT2D eigenvalue weighted by atomic mass is 16.5. The molecule has 1 aromatic heterocycles. The molecule has 0 aliphatic carbocycles. The van der Waals surface area contributed by atoms with Crippen LogP contribution in [0.2, 0.25) is 0 Å². The van der Waals surface area contributed by atoms with Gasteiger partial charge in [0, 0.05) is 29.3 Å². The molecule has 4 rings (SSSR count). The molecule has 0 amide bonds. The number of aromatic nitrogens is 2. The first-order valence-electron chi connectivity index (χ1n) is 11.9. The number of nitrogens with one attached hydrogen (secondary N) is 1. The van der Waals surface area contributed by atoms with E-state index in [0.29, 0.717) is 29.1 Å². The van der Waals surface area contributed by atoms with E-state index in [0.717, 1.165) is 11.3 Å². The van der Waals surface area contributed by atoms with E-state index in [4.69, 9.17) is 4.74 Å². The molecule has 0 fully saturated rings. The minimum absolute atomic E-state index is 0.183. The summed E-state index contributed by atoms with van der Waals surface area (Å²) < 4.78 is 7.08. The minimum Gasteiger partial charge on any atom is -0.492 e. The quantitative estimate of drug-likeness (QED) is 0.302. The van der Waals surface area contributed by atoms with Crippen LogP contribution >= 0.6 is 0 Å². The van der Waals surface area contributed by atoms with Gasteiger partial charge in [-0.05, 0) is 42.8 Å². The Morgan fingerprint density at radius 1 is 0.946 bits per heavy atom. The minimum atomic E-state index is -1.03. The maximum atomic E-state index is 13.0. The zero-order valence-corrected chi connectivity index (χ0v) is 20.3. The van der Waals surface area contributed by atoms with E-state index in [-0.39, 0.29) is 24.4 Å². The summed E-state index contributed by atoms with van der Waals surface area (Å²) in [4.78, 5) is 36.9. The number of carbonyl (C=O) groups is 2. The number of carboxylic acids is 1. The third kappa shape index (κ3) is 6.70. The predicted molar refractivity (Wildman–Crippen MR) is 140 cm³/mol. The predicted octanol–water partition coefficient (Wildman–Crippen LogP) is 3.97. The molecule has 37 heavy (non-hydrogen) atoms. The topological polar surface area (TPSA) is 111 Å². The standard InChI is InChI=1S/C29H27N3O5/c1-20-11-16-27(33)32(31-20)17-18-37-23-14-12-21(13-15-23)19-26(29(35)36)30-25-10-6-5-9-24(25)28(34)22-7-3-2-4-8-22/h2-16,26,30H,17-19H2,1H3,(H,35,36)/t26-/m0/s1. The van der Waals surface area contributed by atoms with Gasteiger partial charge in [0.25, 0.3) is 5.56 Å². The molecule has 0 radical (unpaired) electrons. The van der Waals surface area contributed by atoms with E-state index >= 15 is 0 Å². The molecule has 2 N–H and O–H groups in total. The highest BCUT2D eigenvalue weighted by Crippen LogP contribution is 2.22. The van der Waals surface area contributed by atoms with E-state index in [9.17, 15) is 19.5 Å². The van der Waals surface area contributed by atoms with Crippen molar-refractivity contribution in [3.63, 3.8) is 0 Å². The van der Waals surface area contributed by atoms with Gasteiger partial charge in [0.2, 0.25) is 0 Å². The van der Waals surface area contributed by atoms with Crippen LogP contribution in [-0.4, -0.2) is 39.3 Å². The molecule has 0 saturated heterocycles. The Kier molecular flexibility index (Phi) is 8.10. The number of aryl methyl sites for hydroxylation is 1. The zero-order chi connectivity index (χ0) is 26.2. The number of benzene rings is 3. The molecular formula is C29H27N3O5. The van der Waals surface area contributed by atoms with Crippen LogP contribution in [0.25, 0.3) is 0 Å². The summed E-state index contributed by atoms with van der Waals surface area (Å²) in [5.41, 5.74) is 2.74. The number of aliphatic carboxylic acids is 1. The highest BCUT2D eigenvalue weighted by Gasteiger charge is 2.21. The van der Waals surface area contributed by atoms with Crippen LogP contribution in [0.4, 0.5) is 5.69 Å². The van der Waals surface area contributed by atoms with Gasteiger partial charge in [0.15, 0.2) is 5.78 Å². The van der Waals surface area contributed by atoms with Crippen molar-refractivity contribution in [2.24, 2.45) is 0 Å². The molecule has 0 saturated carbocycles. The van der Waals surface area contributed by atoms with Crippen LogP contribution in [-0.2, 0) is 17.8 Å². The van der Waals surface area contributed by atoms with Crippen molar-refractivity contribution >= 4 is 17.4 Å². The van der Waals surface area contributed by atoms with Crippen LogP contribution in [0.15, 0.2) is 95.8 Å². The molecule has 1 atom stereocenters. The number of ether oxygens (including phenoxy) is 1. The van der Waals surface area contributed by atoms with Crippen molar-refractivity contribution in [1.82, 2.24) is 9.78 Å². The second-order valence-electron chi connectivity index (χ2n) is 8.51. The van der Waals surface area contributed by atoms with Crippen molar-refractivity contribution < 1.29 is 19.4 Å². The smallest absolute Gasteiger partial charge is 0.326 e. The molecule has 0 aliphatic rings. The molecule has 188 valence electrons. The first-order chi connectivity index (χ1) is 17.9. The van der Waals surface area contributed by atoms with Crippen molar-refractivity contribution in [1.29, 1.82) is 0 Å². The molecule has 1 heterocycles. The van der Waals surface area contributed by atoms with Gasteiger partial charge in [-0.2, -0.15) is 5.10 Å². The second kappa shape index (κ2) is 11.8. The van der Waals surface area contributed by atoms with Crippen LogP contribution < -0.4 is 15.6 Å². The highest BCUT2D eigenvalue weighted by molar-refractivity contribution is 6.12. The Morgan fingerprint density at radius 3 is 2.38 bits per heavy atom. The fourth-order valence-corrected chi connectivity index (χ4v) is 3.86. The van der Waals surface area contributed by atoms with E-state index in [1.165, 1.54) is 10.7 Å². The van der Waals surface area contributed by atoms with E-state index < -0.39 is 12.0 Å². The third-order valence-electron chi connectivity index (χ3n) is 5.77. The molecule has 0 unspecified atom stereocenters. The number of anilines is 1. The SMILES string of the molecule is Cc1ccc(=O)n(CCOc2ccc(C[C@H](Nc3ccccc3C(=O)c3ccccc3)C(=O)O)cc2)n1. The average Bonchev–Trinajstić information content (AvgIpc) is 2.91. The van der Waals surface area contributed by atoms with Crippen molar-refractivity contribution in [2.45, 2.75) is 25.9 Å². The molecular weight excluding hydrogens is 470 g/mol. The summed E-state index contributed by atoms with van der Waals surface area (Å²) >= 11 is 0. The van der Waals surface area contributed by atoms with Gasteiger partial charge < -0.3 is 15.2 Å². The Bertz CT molecular complexity index is 1430. The van der Waals surface area contributed by atoms with Crippen molar-refractivity contribution in [2.75, 3.05) is 11.9 Å². The Morgan fingerprint density at radius 2 is 1.65 bits per heavy atom. The van der Waals surface area contributed by atoms with Gasteiger partial charge in [-0.1, -0.05) is 54.6 Å². The van der Waals surface area contributed by atoms with E-state index in [2.05, 4.69) is 10.4 Å². The fraction of sp³-hybridized carbons (Fsp3) is 0.172. The normalized spacial score (nSPS) is 11.5. The fourth-order valence-electron chi connectivity index (χ4n) is 3.86. The Balaban J connectivity index is 1.40. The molecule has 8 nitrogen and oxygen atoms in total. The number of hydrogen-bond donors (Lipinski definition) is 2. The van der Waals surface area contributed by atoms with Crippen LogP contribution in [0.3, 0.4) is 0 Å². The number of carboxylic acid groups (broad SMARTS) is 1. The molecule has 0 aliphatic heterocycles. The van der Waals surface area contributed by atoms with E-state index in [1.54, 1.807) is 78.9 Å². The van der Waals surface area contributed by atoms with Crippen molar-refractivity contribution in [3.8, 4) is 5.75 Å². The number of rotatable bonds is 11. The number of hydrogen-bond acceptors (Lipinski definition) is 6. The maximum Gasteiger partial charge on any atom is 0.326 e. The first-order valence-corrected chi connectivity index (χ1v) is 11.9. The third-order valence-corrected chi connectivity index (χ3v) is 5.77. The summed E-state index contributed by atoms with van der Waals surface area (Å²) in [6.07, 6.45) is 0.200. The van der Waals surface area contributed by atoms with Crippen LogP contribution in [0.1, 0.15) is 27.2 Å². The van der Waals surface area contributed by atoms with Gasteiger partial charge in [-0.25, -0.2) is 9.48 Å². The van der Waals surface area contributed by atoms with E-state index in [1.807, 2.05) is 13.0 Å². The largest absolute Gasteiger partial charge is 0.492 e. The van der Waals surface area contributed by atoms with Crippen LogP contribution in [0, 0.1) is 6.92 Å². The van der Waals surface area contributed by atoms with Gasteiger partial charge in [-0.3, -0.25) is 9.59 Å². The van der Waals surface area contributed by atoms with Gasteiger partial charge in [0.1, 0.15) is 18.4 Å². The van der Waals surface area contributed by atoms with Crippen molar-refractivity contribution in [3.05, 3.63) is 124 Å². The molecule has 8 heteroatoms. The lowest BCUT2D eigenvalue weighted by Gasteiger charge is -2.18. The molecule has 0 spiro atoms. The zero-order valence-electron chi connectivity index (χ0n) is 20.3. The summed E-state index contributed by atoms with van der Waals surface area (Å²) in [6, 6.07) is 25.1. The Labute approximate surface area is 214 Å². The lowest BCUT2D eigenvalue weighted by Crippen LogP contribution is -2.32. The van der Waals surface area contributed by atoms with Gasteiger partial charge in [-0.15, -0.1) is 0 Å². The molecule has 4 aromatic rings. The van der Waals surface area contributed by atoms with Crippen LogP contribution in [0.5, 0.6) is 5.75 Å². The Hall–Kier alpha value is -4.72. The molecule has 0 bridgehead atoms. The first kappa shape index (κ1) is 25.4. The maximum absolute atomic E-state index is 13.0.